The number of nitrogens with zero attached hydrogens (tertiary/aromatic N) is 3. The lowest BCUT2D eigenvalue weighted by Gasteiger charge is -2.19. The first-order valence-electron chi connectivity index (χ1n) is 10.8. The number of aryl methyl sites for hydroxylation is 2. The van der Waals surface area contributed by atoms with Gasteiger partial charge in [-0.2, -0.15) is 13.2 Å². The minimum Gasteiger partial charge on any atom is -0.353 e. The Bertz CT molecular complexity index is 1350. The number of carbonyl (C=O) groups excluding carboxylic acids is 1. The summed E-state index contributed by atoms with van der Waals surface area (Å²) >= 11 is 0. The van der Waals surface area contributed by atoms with Crippen molar-refractivity contribution < 1.29 is 26.7 Å². The number of benzene rings is 2. The van der Waals surface area contributed by atoms with Crippen LogP contribution in [0.5, 0.6) is 0 Å². The number of urea groups is 1. The second-order valence-corrected chi connectivity index (χ2v) is 8.60. The van der Waals surface area contributed by atoms with Gasteiger partial charge in [-0.25, -0.2) is 18.6 Å². The number of halogens is 5. The number of likely N-dealkylation sites (tertiary alicyclic amines) is 1. The fraction of sp³-hybridized carbons (Fsp3) is 0.348. The van der Waals surface area contributed by atoms with Gasteiger partial charge in [0.25, 0.3) is 5.56 Å². The first-order valence-corrected chi connectivity index (χ1v) is 10.8. The second-order valence-electron chi connectivity index (χ2n) is 8.60. The van der Waals surface area contributed by atoms with E-state index in [4.69, 9.17) is 0 Å². The third kappa shape index (κ3) is 5.20. The third-order valence-corrected chi connectivity index (χ3v) is 5.94. The SMILES string of the molecule is Cc1cc(F)c(NC(=O)N2CC[C@@H](CC(F)(F)F)C2)cc1Nc1ccc2ncn(C)c(=O)c2c1F. The van der Waals surface area contributed by atoms with Crippen LogP contribution in [0.2, 0.25) is 0 Å². The van der Waals surface area contributed by atoms with Gasteiger partial charge in [-0.3, -0.25) is 4.79 Å². The highest BCUT2D eigenvalue weighted by Crippen LogP contribution is 2.32. The number of aromatic nitrogens is 2. The fourth-order valence-electron chi connectivity index (χ4n) is 4.10. The molecule has 1 fully saturated rings. The summed E-state index contributed by atoms with van der Waals surface area (Å²) in [6.45, 7) is 1.60. The maximum absolute atomic E-state index is 15.1. The van der Waals surface area contributed by atoms with Crippen molar-refractivity contribution in [2.45, 2.75) is 25.9 Å². The highest BCUT2D eigenvalue weighted by atomic mass is 19.4. The lowest BCUT2D eigenvalue weighted by atomic mass is 10.1. The van der Waals surface area contributed by atoms with Gasteiger partial charge in [0.2, 0.25) is 0 Å². The zero-order valence-corrected chi connectivity index (χ0v) is 18.8. The normalized spacial score (nSPS) is 16.1. The molecule has 12 heteroatoms. The first-order chi connectivity index (χ1) is 16.4. The van der Waals surface area contributed by atoms with Crippen LogP contribution in [0, 0.1) is 24.5 Å². The molecule has 1 aliphatic rings. The van der Waals surface area contributed by atoms with Gasteiger partial charge in [-0.1, -0.05) is 0 Å². The van der Waals surface area contributed by atoms with Crippen LogP contribution in [0.4, 0.5) is 43.8 Å². The Balaban J connectivity index is 1.55. The highest BCUT2D eigenvalue weighted by Gasteiger charge is 2.36. The maximum Gasteiger partial charge on any atom is 0.389 e. The summed E-state index contributed by atoms with van der Waals surface area (Å²) in [5.74, 6) is -2.30. The van der Waals surface area contributed by atoms with E-state index in [2.05, 4.69) is 15.6 Å². The van der Waals surface area contributed by atoms with Crippen LogP contribution in [-0.2, 0) is 7.05 Å². The van der Waals surface area contributed by atoms with Crippen molar-refractivity contribution in [2.24, 2.45) is 13.0 Å². The van der Waals surface area contributed by atoms with Gasteiger partial charge in [-0.15, -0.1) is 0 Å². The molecular weight excluding hydrogens is 473 g/mol. The minimum atomic E-state index is -4.32. The number of hydrogen-bond donors (Lipinski definition) is 2. The molecule has 2 heterocycles. The first kappa shape index (κ1) is 24.4. The Labute approximate surface area is 196 Å². The summed E-state index contributed by atoms with van der Waals surface area (Å²) in [4.78, 5) is 30.1. The van der Waals surface area contributed by atoms with Crippen molar-refractivity contribution in [3.05, 3.63) is 58.1 Å². The van der Waals surface area contributed by atoms with Gasteiger partial charge in [0, 0.05) is 32.2 Å². The smallest absolute Gasteiger partial charge is 0.353 e. The molecule has 0 radical (unpaired) electrons. The largest absolute Gasteiger partial charge is 0.389 e. The molecule has 2 N–H and O–H groups in total. The molecule has 2 aromatic carbocycles. The predicted molar refractivity (Wildman–Crippen MR) is 121 cm³/mol. The van der Waals surface area contributed by atoms with Crippen LogP contribution in [0.15, 0.2) is 35.4 Å². The summed E-state index contributed by atoms with van der Waals surface area (Å²) in [7, 11) is 1.44. The molecule has 3 aromatic rings. The van der Waals surface area contributed by atoms with Gasteiger partial charge in [0.1, 0.15) is 11.2 Å². The van der Waals surface area contributed by atoms with E-state index in [1.54, 1.807) is 6.92 Å². The summed E-state index contributed by atoms with van der Waals surface area (Å²) in [5, 5.41) is 4.99. The molecule has 1 aromatic heterocycles. The molecule has 1 saturated heterocycles. The van der Waals surface area contributed by atoms with Gasteiger partial charge < -0.3 is 20.1 Å². The molecule has 7 nitrogen and oxygen atoms in total. The zero-order chi connectivity index (χ0) is 25.5. The van der Waals surface area contributed by atoms with Crippen molar-refractivity contribution in [1.82, 2.24) is 14.5 Å². The highest BCUT2D eigenvalue weighted by molar-refractivity contribution is 5.91. The summed E-state index contributed by atoms with van der Waals surface area (Å²) < 4.78 is 68.7. The molecule has 4 rings (SSSR count). The van der Waals surface area contributed by atoms with Gasteiger partial charge in [0.15, 0.2) is 5.82 Å². The van der Waals surface area contributed by atoms with E-state index in [9.17, 15) is 27.2 Å². The molecule has 35 heavy (non-hydrogen) atoms. The summed E-state index contributed by atoms with van der Waals surface area (Å²) in [6, 6.07) is 4.52. The van der Waals surface area contributed by atoms with Crippen LogP contribution < -0.4 is 16.2 Å². The van der Waals surface area contributed by atoms with Crippen LogP contribution in [0.1, 0.15) is 18.4 Å². The van der Waals surface area contributed by atoms with E-state index in [-0.39, 0.29) is 47.5 Å². The Hall–Kier alpha value is -3.70. The van der Waals surface area contributed by atoms with Crippen LogP contribution in [0.3, 0.4) is 0 Å². The molecule has 2 amide bonds. The molecule has 0 unspecified atom stereocenters. The van der Waals surface area contributed by atoms with Crippen molar-refractivity contribution in [3.63, 3.8) is 0 Å². The van der Waals surface area contributed by atoms with Crippen molar-refractivity contribution >= 4 is 34.0 Å². The van der Waals surface area contributed by atoms with Gasteiger partial charge in [0.05, 0.1) is 23.2 Å². The van der Waals surface area contributed by atoms with E-state index in [0.29, 0.717) is 5.56 Å². The molecule has 0 saturated carbocycles. The van der Waals surface area contributed by atoms with Crippen LogP contribution >= 0.6 is 0 Å². The van der Waals surface area contributed by atoms with Gasteiger partial charge in [-0.05, 0) is 49.1 Å². The number of fused-ring (bicyclic) bond motifs is 1. The Morgan fingerprint density at radius 3 is 2.63 bits per heavy atom. The van der Waals surface area contributed by atoms with E-state index in [1.165, 1.54) is 36.5 Å². The minimum absolute atomic E-state index is 0.0517. The molecule has 0 spiro atoms. The van der Waals surface area contributed by atoms with Gasteiger partial charge >= 0.3 is 12.2 Å². The number of rotatable bonds is 4. The molecule has 1 aliphatic heterocycles. The summed E-state index contributed by atoms with van der Waals surface area (Å²) in [5.41, 5.74) is -0.0171. The number of amides is 2. The number of anilines is 3. The number of nitrogens with one attached hydrogen (secondary N) is 2. The average Bonchev–Trinajstić information content (AvgIpc) is 3.22. The standard InChI is InChI=1S/C23H22F5N5O2/c1-12-7-14(24)18(31-22(35)33-6-5-13(10-33)9-23(26,27)28)8-17(12)30-16-4-3-15-19(20(16)25)21(34)32(2)11-29-15/h3-4,7-8,11,13,30H,5-6,9-10H2,1-2H3,(H,31,35)/t13-/m0/s1. The third-order valence-electron chi connectivity index (χ3n) is 5.94. The molecule has 0 bridgehead atoms. The predicted octanol–water partition coefficient (Wildman–Crippen LogP) is 5.07. The van der Waals surface area contributed by atoms with E-state index < -0.39 is 41.7 Å². The molecule has 1 atom stereocenters. The quantitative estimate of drug-likeness (QED) is 0.496. The van der Waals surface area contributed by atoms with E-state index in [1.807, 2.05) is 0 Å². The average molecular weight is 495 g/mol. The Morgan fingerprint density at radius 2 is 1.91 bits per heavy atom. The van der Waals surface area contributed by atoms with Crippen molar-refractivity contribution in [3.8, 4) is 0 Å². The van der Waals surface area contributed by atoms with Crippen LogP contribution in [0.25, 0.3) is 10.9 Å². The number of hydrogen-bond acceptors (Lipinski definition) is 4. The zero-order valence-electron chi connectivity index (χ0n) is 18.8. The monoisotopic (exact) mass is 495 g/mol. The molecule has 186 valence electrons. The van der Waals surface area contributed by atoms with Crippen LogP contribution in [-0.4, -0.2) is 39.7 Å². The second kappa shape index (κ2) is 9.16. The Kier molecular flexibility index (Phi) is 6.39. The van der Waals surface area contributed by atoms with E-state index in [0.717, 1.165) is 10.6 Å². The van der Waals surface area contributed by atoms with Crippen molar-refractivity contribution in [2.75, 3.05) is 23.7 Å². The van der Waals surface area contributed by atoms with Crippen molar-refractivity contribution in [1.29, 1.82) is 0 Å². The number of alkyl halides is 3. The molecule has 0 aliphatic carbocycles. The number of carbonyl (C=O) groups is 1. The fourth-order valence-corrected chi connectivity index (χ4v) is 4.10. The topological polar surface area (TPSA) is 79.3 Å². The maximum atomic E-state index is 15.1. The summed E-state index contributed by atoms with van der Waals surface area (Å²) in [6.07, 6.45) is -3.83. The Morgan fingerprint density at radius 1 is 1.17 bits per heavy atom. The lowest BCUT2D eigenvalue weighted by molar-refractivity contribution is -0.143. The molecular formula is C23H22F5N5O2. The lowest BCUT2D eigenvalue weighted by Crippen LogP contribution is -2.33. The van der Waals surface area contributed by atoms with E-state index >= 15 is 4.39 Å².